The number of hydrogen-bond donors (Lipinski definition) is 4. The number of amides is 6. The van der Waals surface area contributed by atoms with Gasteiger partial charge in [0.1, 0.15) is 40.7 Å². The van der Waals surface area contributed by atoms with Crippen LogP contribution in [0.3, 0.4) is 0 Å². The first-order valence-corrected chi connectivity index (χ1v) is 38.2. The molecule has 5 heterocycles. The van der Waals surface area contributed by atoms with Crippen molar-refractivity contribution in [2.75, 3.05) is 110 Å². The molecule has 5 aliphatic rings. The van der Waals surface area contributed by atoms with Crippen molar-refractivity contribution >= 4 is 88.1 Å². The van der Waals surface area contributed by atoms with Crippen LogP contribution in [0.5, 0.6) is 5.75 Å². The second kappa shape index (κ2) is 40.1. The van der Waals surface area contributed by atoms with Crippen molar-refractivity contribution in [2.45, 2.75) is 189 Å². The molecule has 0 aromatic heterocycles. The number of epoxide rings is 1. The van der Waals surface area contributed by atoms with Crippen LogP contribution in [0, 0.1) is 17.8 Å². The maximum Gasteiger partial charge on any atom is 0.409 e. The first-order chi connectivity index (χ1) is 49.4. The fourth-order valence-corrected chi connectivity index (χ4v) is 17.0. The van der Waals surface area contributed by atoms with Gasteiger partial charge in [-0.05, 0) is 120 Å². The first kappa shape index (κ1) is 82.0. The minimum absolute atomic E-state index is 0.0244. The van der Waals surface area contributed by atoms with Crippen molar-refractivity contribution in [3.05, 3.63) is 112 Å². The number of carbonyl (C=O) groups excluding carboxylic acids is 7. The van der Waals surface area contributed by atoms with Crippen molar-refractivity contribution < 1.29 is 81.3 Å². The van der Waals surface area contributed by atoms with E-state index in [1.807, 2.05) is 90.0 Å². The van der Waals surface area contributed by atoms with E-state index in [4.69, 9.17) is 54.2 Å². The molecule has 3 saturated heterocycles. The summed E-state index contributed by atoms with van der Waals surface area (Å²) in [6, 6.07) is 18.2. The lowest BCUT2D eigenvalue weighted by atomic mass is 9.83. The molecular weight excluding hydrogens is 1380 g/mol. The molecule has 23 nitrogen and oxygen atoms in total. The number of allylic oxidation sites excluding steroid dienone is 3. The molecular formula is C77H105ClN6O17S2. The molecule has 0 radical (unpaired) electrons. The Labute approximate surface area is 620 Å². The molecule has 3 aromatic rings. The number of esters is 1. The molecule has 564 valence electrons. The van der Waals surface area contributed by atoms with Gasteiger partial charge in [0.05, 0.1) is 94.5 Å². The van der Waals surface area contributed by atoms with Crippen LogP contribution in [0.15, 0.2) is 84.5 Å². The van der Waals surface area contributed by atoms with Gasteiger partial charge in [0, 0.05) is 88.7 Å². The average molecular weight is 1490 g/mol. The minimum Gasteiger partial charge on any atom is -0.495 e. The lowest BCUT2D eigenvalue weighted by Gasteiger charge is -2.42. The molecule has 0 spiro atoms. The Balaban J connectivity index is 0.655. The van der Waals surface area contributed by atoms with E-state index in [1.54, 1.807) is 59.2 Å². The number of halogens is 1. The molecule has 4 N–H and O–H groups in total. The third kappa shape index (κ3) is 24.2. The van der Waals surface area contributed by atoms with Crippen LogP contribution < -0.4 is 30.5 Å². The van der Waals surface area contributed by atoms with Gasteiger partial charge >= 0.3 is 12.1 Å². The number of anilines is 2. The third-order valence-corrected chi connectivity index (χ3v) is 23.3. The number of likely N-dealkylation sites (N-methyl/N-ethyl adjacent to an activating group) is 1. The number of fused-ring (bicyclic) bond motifs is 7. The van der Waals surface area contributed by atoms with E-state index in [1.165, 1.54) is 24.0 Å². The van der Waals surface area contributed by atoms with Crippen molar-refractivity contribution in [3.8, 4) is 17.6 Å². The fraction of sp³-hybridized carbons (Fsp3) is 0.597. The van der Waals surface area contributed by atoms with Gasteiger partial charge in [0.2, 0.25) is 29.5 Å². The van der Waals surface area contributed by atoms with E-state index >= 15 is 0 Å². The molecule has 2 unspecified atom stereocenters. The molecule has 103 heavy (non-hydrogen) atoms. The molecule has 10 atom stereocenters. The van der Waals surface area contributed by atoms with Gasteiger partial charge in [-0.3, -0.25) is 29.3 Å². The number of benzene rings is 3. The Morgan fingerprint density at radius 2 is 1.50 bits per heavy atom. The number of aliphatic hydroxyl groups is 1. The molecule has 6 amide bonds. The average Bonchev–Trinajstić information content (AvgIpc) is 1.57. The van der Waals surface area contributed by atoms with E-state index in [0.717, 1.165) is 84.2 Å². The summed E-state index contributed by atoms with van der Waals surface area (Å²) < 4.78 is 51.9. The third-order valence-electron chi connectivity index (χ3n) is 19.5. The Hall–Kier alpha value is -6.70. The lowest BCUT2D eigenvalue weighted by molar-refractivity contribution is -0.162. The van der Waals surface area contributed by atoms with E-state index in [2.05, 4.69) is 34.7 Å². The van der Waals surface area contributed by atoms with Gasteiger partial charge in [0.25, 0.3) is 0 Å². The van der Waals surface area contributed by atoms with E-state index in [9.17, 15) is 38.7 Å². The van der Waals surface area contributed by atoms with Crippen molar-refractivity contribution in [2.24, 2.45) is 5.92 Å². The molecule has 5 aliphatic heterocycles. The van der Waals surface area contributed by atoms with Crippen LogP contribution in [0.4, 0.5) is 16.2 Å². The number of hydrogen-bond acceptors (Lipinski definition) is 19. The molecule has 8 rings (SSSR count). The number of nitrogens with one attached hydrogen (secondary N) is 3. The maximum atomic E-state index is 14.5. The summed E-state index contributed by atoms with van der Waals surface area (Å²) in [5.41, 5.74) is 2.57. The predicted octanol–water partition coefficient (Wildman–Crippen LogP) is 10.0. The molecule has 0 saturated carbocycles. The number of unbranched alkanes of at least 4 members (excludes halogenated alkanes) is 3. The highest BCUT2D eigenvalue weighted by molar-refractivity contribution is 8.19. The zero-order chi connectivity index (χ0) is 74.1. The molecule has 4 bridgehead atoms. The van der Waals surface area contributed by atoms with Crippen LogP contribution in [-0.4, -0.2) is 203 Å². The summed E-state index contributed by atoms with van der Waals surface area (Å²) in [6.07, 6.45) is 8.41. The number of methoxy groups -OCH3 is 2. The monoisotopic (exact) mass is 1480 g/mol. The Morgan fingerprint density at radius 3 is 2.24 bits per heavy atom. The van der Waals surface area contributed by atoms with Crippen LogP contribution >= 0.6 is 35.1 Å². The number of nitrogens with zero attached hydrogens (tertiary/aromatic N) is 3. The number of carbonyl (C=O) groups is 7. The van der Waals surface area contributed by atoms with Crippen molar-refractivity contribution in [1.82, 2.24) is 20.9 Å². The predicted molar refractivity (Wildman–Crippen MR) is 398 cm³/mol. The molecule has 26 heteroatoms. The second-order valence-electron chi connectivity index (χ2n) is 27.3. The fourth-order valence-electron chi connectivity index (χ4n) is 13.1. The van der Waals surface area contributed by atoms with E-state index < -0.39 is 65.7 Å². The van der Waals surface area contributed by atoms with Crippen LogP contribution in [0.25, 0.3) is 0 Å². The summed E-state index contributed by atoms with van der Waals surface area (Å²) >= 11 is 10.6. The number of ether oxygens (including phenoxy) is 9. The van der Waals surface area contributed by atoms with E-state index in [-0.39, 0.29) is 65.0 Å². The Kier molecular flexibility index (Phi) is 31.9. The van der Waals surface area contributed by atoms with Crippen LogP contribution in [-0.2, 0) is 79.6 Å². The lowest BCUT2D eigenvalue weighted by Crippen LogP contribution is -2.63. The quantitative estimate of drug-likeness (QED) is 0.0187. The van der Waals surface area contributed by atoms with Crippen molar-refractivity contribution in [1.29, 1.82) is 0 Å². The first-order valence-electron chi connectivity index (χ1n) is 35.9. The van der Waals surface area contributed by atoms with Crippen molar-refractivity contribution in [3.63, 3.8) is 0 Å². The summed E-state index contributed by atoms with van der Waals surface area (Å²) in [5, 5.41) is 20.9. The van der Waals surface area contributed by atoms with Gasteiger partial charge in [-0.2, -0.15) is 0 Å². The molecule has 3 aromatic carbocycles. The Morgan fingerprint density at radius 1 is 0.835 bits per heavy atom. The van der Waals surface area contributed by atoms with Gasteiger partial charge in [-0.25, -0.2) is 9.59 Å². The smallest absolute Gasteiger partial charge is 0.409 e. The molecule has 0 aliphatic carbocycles. The highest BCUT2D eigenvalue weighted by Gasteiger charge is 2.64. The number of thioether (sulfide) groups is 2. The number of alkyl carbamates (subject to hydrolysis) is 1. The van der Waals surface area contributed by atoms with Gasteiger partial charge < -0.3 is 73.1 Å². The molecule has 3 fully saturated rings. The number of para-hydroxylation sites is 1. The normalized spacial score (nSPS) is 25.0. The number of rotatable bonds is 34. The SMILES string of the molecule is COc1cc2cc(c1Cl)N(C)C(=O)C[C@H](OC(=O)[C@H](C)N(C)C(=O)CCC1(C)SCCC(CCCCC(=O)NCCOCCOCCOCCOCCC(=O)NCCCCCC(=O)N3Cc4ccccc4C#Cc4ccccc43)S1)[C@]1(C)O[C@H]1[C@H](C)[C@@H]1C[C@@](O)(NC(=O)O1)[C@H](OC)/C=C/C=C(\C)C2. The van der Waals surface area contributed by atoms with Crippen LogP contribution in [0.2, 0.25) is 5.02 Å². The summed E-state index contributed by atoms with van der Waals surface area (Å²) in [5.74, 6) is 5.73. The Bertz CT molecular complexity index is 3520. The summed E-state index contributed by atoms with van der Waals surface area (Å²) in [6.45, 7) is 13.6. The zero-order valence-corrected chi connectivity index (χ0v) is 63.5. The van der Waals surface area contributed by atoms with Gasteiger partial charge in [-0.1, -0.05) is 97.3 Å². The maximum absolute atomic E-state index is 14.5. The summed E-state index contributed by atoms with van der Waals surface area (Å²) in [7, 11) is 6.07. The largest absolute Gasteiger partial charge is 0.495 e. The van der Waals surface area contributed by atoms with Gasteiger partial charge in [0.15, 0.2) is 5.72 Å². The topological polar surface area (TPSA) is 272 Å². The summed E-state index contributed by atoms with van der Waals surface area (Å²) in [4.78, 5) is 99.0. The van der Waals surface area contributed by atoms with E-state index in [0.29, 0.717) is 108 Å². The zero-order valence-electron chi connectivity index (χ0n) is 61.2. The highest BCUT2D eigenvalue weighted by atomic mass is 35.5. The second-order valence-corrected chi connectivity index (χ2v) is 31.3. The highest BCUT2D eigenvalue weighted by Crippen LogP contribution is 2.51. The minimum atomic E-state index is -1.86. The standard InChI is InChI=1S/C77H105ClN6O17S2/c1-52-20-19-26-64(94-9)77(92)50-63(99-74(91)81-77)53(2)72-76(5,101-72)65(49-70(89)83(7)61-47-55(46-52)48-62(93-8)71(61)78)100-73(90)54(3)82(6)68(87)31-34-75(4)102-45-33-59(103-75)24-15-17-27-66(85)80-36-38-96-40-42-98-44-43-97-41-39-95-37-32-67(86)79-35-18-10-11-28-69(88)84-51-58-23-13-12-21-56(58)29-30-57-22-14-16-25-60(57)84/h12-14,16,19-23,25-26,47-48,53-54,59,63-65,72,92H,10-11,15,17-18,24,27-28,31-46,49-51H2,1-9H3,(H,79,86)(H,80,85)(H,81,91)/b26-19+,52-20+/t53-,54+,59?,63+,64-,65+,72+,75?,76+,77+/m1/s1. The van der Waals surface area contributed by atoms with Crippen LogP contribution in [0.1, 0.15) is 147 Å². The van der Waals surface area contributed by atoms with Gasteiger partial charge in [-0.15, -0.1) is 23.5 Å².